The van der Waals surface area contributed by atoms with Gasteiger partial charge in [0.25, 0.3) is 0 Å². The normalized spacial score (nSPS) is 18.3. The van der Waals surface area contributed by atoms with Crippen LogP contribution in [-0.4, -0.2) is 41.3 Å². The monoisotopic (exact) mass is 361 g/mol. The molecule has 8 heteroatoms. The van der Waals surface area contributed by atoms with Gasteiger partial charge in [-0.15, -0.1) is 10.2 Å². The first-order valence-electron chi connectivity index (χ1n) is 8.27. The molecule has 1 fully saturated rings. The Bertz CT molecular complexity index is 811. The molecule has 26 heavy (non-hydrogen) atoms. The van der Waals surface area contributed by atoms with E-state index in [4.69, 9.17) is 0 Å². The van der Waals surface area contributed by atoms with Crippen LogP contribution >= 0.6 is 0 Å². The number of nitrogens with zero attached hydrogens (tertiary/aromatic N) is 4. The van der Waals surface area contributed by atoms with Crippen molar-refractivity contribution in [2.75, 3.05) is 25.5 Å². The second-order valence-electron chi connectivity index (χ2n) is 6.42. The van der Waals surface area contributed by atoms with E-state index in [1.54, 1.807) is 6.07 Å². The smallest absolute Gasteiger partial charge is 0.363 e. The summed E-state index contributed by atoms with van der Waals surface area (Å²) in [6, 6.07) is 8.46. The summed E-state index contributed by atoms with van der Waals surface area (Å²) in [5.74, 6) is 0.406. The molecule has 1 aromatic carbocycles. The summed E-state index contributed by atoms with van der Waals surface area (Å²) in [5, 5.41) is 20.8. The number of rotatable bonds is 3. The van der Waals surface area contributed by atoms with E-state index in [0.29, 0.717) is 22.6 Å². The minimum Gasteiger partial charge on any atom is -0.363 e. The maximum atomic E-state index is 12.7. The van der Waals surface area contributed by atoms with Crippen molar-refractivity contribution in [3.05, 3.63) is 41.5 Å². The fraction of sp³-hybridized carbons (Fsp3) is 0.389. The Morgan fingerprint density at radius 3 is 2.58 bits per heavy atom. The molecule has 0 bridgehead atoms. The van der Waals surface area contributed by atoms with Crippen molar-refractivity contribution in [2.24, 2.45) is 0 Å². The lowest BCUT2D eigenvalue weighted by atomic mass is 10.1. The van der Waals surface area contributed by atoms with Crippen molar-refractivity contribution < 1.29 is 13.2 Å². The first-order chi connectivity index (χ1) is 12.4. The van der Waals surface area contributed by atoms with E-state index in [9.17, 15) is 18.4 Å². The van der Waals surface area contributed by atoms with Gasteiger partial charge in [0.1, 0.15) is 6.07 Å². The van der Waals surface area contributed by atoms with E-state index in [1.165, 1.54) is 12.1 Å². The highest BCUT2D eigenvalue weighted by Crippen LogP contribution is 2.31. The van der Waals surface area contributed by atoms with Gasteiger partial charge in [-0.3, -0.25) is 0 Å². The van der Waals surface area contributed by atoms with Crippen LogP contribution in [0.2, 0.25) is 0 Å². The molecular weight excluding hydrogens is 343 g/mol. The quantitative estimate of drug-likeness (QED) is 0.906. The molecule has 1 atom stereocenters. The van der Waals surface area contributed by atoms with E-state index in [1.807, 2.05) is 7.05 Å². The van der Waals surface area contributed by atoms with Gasteiger partial charge in [-0.25, -0.2) is 0 Å². The third-order valence-electron chi connectivity index (χ3n) is 4.39. The Balaban J connectivity index is 1.81. The average molecular weight is 361 g/mol. The molecule has 1 aliphatic rings. The summed E-state index contributed by atoms with van der Waals surface area (Å²) in [7, 11) is 2.04. The summed E-state index contributed by atoms with van der Waals surface area (Å²) in [6.45, 7) is 1.90. The van der Waals surface area contributed by atoms with Crippen molar-refractivity contribution in [3.63, 3.8) is 0 Å². The molecule has 1 N–H and O–H groups in total. The van der Waals surface area contributed by atoms with Crippen LogP contribution < -0.4 is 5.32 Å². The van der Waals surface area contributed by atoms with Gasteiger partial charge in [0.15, 0.2) is 5.82 Å². The van der Waals surface area contributed by atoms with Gasteiger partial charge in [0, 0.05) is 18.2 Å². The highest BCUT2D eigenvalue weighted by Gasteiger charge is 2.30. The Morgan fingerprint density at radius 1 is 1.23 bits per heavy atom. The lowest BCUT2D eigenvalue weighted by molar-refractivity contribution is -0.137. The molecule has 1 aromatic heterocycles. The predicted octanol–water partition coefficient (Wildman–Crippen LogP) is 3.54. The molecule has 136 valence electrons. The molecule has 1 saturated heterocycles. The molecule has 3 rings (SSSR count). The van der Waals surface area contributed by atoms with Crippen LogP contribution in [0.15, 0.2) is 30.3 Å². The number of nitrogens with one attached hydrogen (secondary N) is 1. The molecule has 0 radical (unpaired) electrons. The van der Waals surface area contributed by atoms with E-state index < -0.39 is 11.7 Å². The minimum absolute atomic E-state index is 0.187. The predicted molar refractivity (Wildman–Crippen MR) is 91.3 cm³/mol. The third kappa shape index (κ3) is 4.11. The lowest BCUT2D eigenvalue weighted by Gasteiger charge is -2.30. The largest absolute Gasteiger partial charge is 0.416 e. The maximum Gasteiger partial charge on any atom is 0.416 e. The molecule has 2 aromatic rings. The van der Waals surface area contributed by atoms with Gasteiger partial charge < -0.3 is 10.2 Å². The number of nitriles is 1. The van der Waals surface area contributed by atoms with Crippen LogP contribution in [0.4, 0.5) is 19.0 Å². The SMILES string of the molecule is CN1CCC[C@@H](Nc2nnc(-c3ccc(C(F)(F)F)cc3)cc2C#N)C1. The van der Waals surface area contributed by atoms with Gasteiger partial charge >= 0.3 is 6.18 Å². The highest BCUT2D eigenvalue weighted by molar-refractivity contribution is 5.64. The number of alkyl halides is 3. The van der Waals surface area contributed by atoms with Crippen LogP contribution in [0, 0.1) is 11.3 Å². The summed E-state index contributed by atoms with van der Waals surface area (Å²) in [4.78, 5) is 2.21. The topological polar surface area (TPSA) is 64.8 Å². The van der Waals surface area contributed by atoms with Crippen molar-refractivity contribution in [1.82, 2.24) is 15.1 Å². The molecule has 0 spiro atoms. The van der Waals surface area contributed by atoms with Gasteiger partial charge in [0.2, 0.25) is 0 Å². The van der Waals surface area contributed by atoms with Gasteiger partial charge in [0.05, 0.1) is 16.8 Å². The van der Waals surface area contributed by atoms with Crippen molar-refractivity contribution >= 4 is 5.82 Å². The number of piperidine rings is 1. The summed E-state index contributed by atoms with van der Waals surface area (Å²) in [5.41, 5.74) is 0.435. The third-order valence-corrected chi connectivity index (χ3v) is 4.39. The van der Waals surface area contributed by atoms with Gasteiger partial charge in [-0.1, -0.05) is 12.1 Å². The molecule has 1 aliphatic heterocycles. The van der Waals surface area contributed by atoms with Crippen LogP contribution in [0.5, 0.6) is 0 Å². The zero-order valence-corrected chi connectivity index (χ0v) is 14.2. The van der Waals surface area contributed by atoms with Crippen LogP contribution in [0.25, 0.3) is 11.3 Å². The lowest BCUT2D eigenvalue weighted by Crippen LogP contribution is -2.40. The first-order valence-corrected chi connectivity index (χ1v) is 8.27. The molecular formula is C18H18F3N5. The summed E-state index contributed by atoms with van der Waals surface area (Å²) < 4.78 is 38.0. The minimum atomic E-state index is -4.39. The van der Waals surface area contributed by atoms with Crippen LogP contribution in [-0.2, 0) is 6.18 Å². The number of anilines is 1. The fourth-order valence-electron chi connectivity index (χ4n) is 3.03. The fourth-order valence-corrected chi connectivity index (χ4v) is 3.03. The summed E-state index contributed by atoms with van der Waals surface area (Å²) >= 11 is 0. The zero-order valence-electron chi connectivity index (χ0n) is 14.2. The molecule has 0 unspecified atom stereocenters. The number of aromatic nitrogens is 2. The first kappa shape index (κ1) is 18.1. The number of hydrogen-bond donors (Lipinski definition) is 1. The van der Waals surface area contributed by atoms with Crippen molar-refractivity contribution in [3.8, 4) is 17.3 Å². The summed E-state index contributed by atoms with van der Waals surface area (Å²) in [6.07, 6.45) is -2.34. The zero-order chi connectivity index (χ0) is 18.7. The highest BCUT2D eigenvalue weighted by atomic mass is 19.4. The van der Waals surface area contributed by atoms with Crippen LogP contribution in [0.1, 0.15) is 24.0 Å². The molecule has 0 aliphatic carbocycles. The van der Waals surface area contributed by atoms with Gasteiger partial charge in [-0.2, -0.15) is 18.4 Å². The number of likely N-dealkylation sites (tertiary alicyclic amines) is 1. The number of hydrogen-bond acceptors (Lipinski definition) is 5. The number of halogens is 3. The van der Waals surface area contributed by atoms with Crippen molar-refractivity contribution in [1.29, 1.82) is 5.26 Å². The van der Waals surface area contributed by atoms with E-state index in [-0.39, 0.29) is 6.04 Å². The molecule has 0 saturated carbocycles. The standard InChI is InChI=1S/C18H18F3N5/c1-26-8-2-3-15(11-26)23-17-13(10-22)9-16(24-25-17)12-4-6-14(7-5-12)18(19,20)21/h4-7,9,15H,2-3,8,11H2,1H3,(H,23,25)/t15-/m1/s1. The molecule has 5 nitrogen and oxygen atoms in total. The molecule has 2 heterocycles. The van der Waals surface area contributed by atoms with E-state index >= 15 is 0 Å². The second-order valence-corrected chi connectivity index (χ2v) is 6.42. The Kier molecular flexibility index (Phi) is 5.09. The van der Waals surface area contributed by atoms with E-state index in [0.717, 1.165) is 38.1 Å². The average Bonchev–Trinajstić information content (AvgIpc) is 2.61. The molecule has 0 amide bonds. The van der Waals surface area contributed by atoms with Crippen molar-refractivity contribution in [2.45, 2.75) is 25.1 Å². The maximum absolute atomic E-state index is 12.7. The van der Waals surface area contributed by atoms with Crippen LogP contribution in [0.3, 0.4) is 0 Å². The Labute approximate surface area is 149 Å². The number of likely N-dealkylation sites (N-methyl/N-ethyl adjacent to an activating group) is 1. The second kappa shape index (κ2) is 7.30. The Morgan fingerprint density at radius 2 is 1.96 bits per heavy atom. The Hall–Kier alpha value is -2.66. The number of benzene rings is 1. The van der Waals surface area contributed by atoms with Gasteiger partial charge in [-0.05, 0) is 44.6 Å². The van der Waals surface area contributed by atoms with E-state index in [2.05, 4.69) is 26.5 Å².